The number of hydrogen-bond acceptors (Lipinski definition) is 3. The molecule has 0 radical (unpaired) electrons. The molecule has 0 aliphatic carbocycles. The van der Waals surface area contributed by atoms with Gasteiger partial charge in [0.2, 0.25) is 5.91 Å². The Labute approximate surface area is 147 Å². The molecule has 25 heavy (non-hydrogen) atoms. The lowest BCUT2D eigenvalue weighted by Crippen LogP contribution is -2.39. The van der Waals surface area contributed by atoms with E-state index in [9.17, 15) is 9.59 Å². The first kappa shape index (κ1) is 17.2. The molecule has 2 aromatic carbocycles. The van der Waals surface area contributed by atoms with Gasteiger partial charge in [-0.25, -0.2) is 0 Å². The number of fused-ring (bicyclic) bond motifs is 1. The summed E-state index contributed by atoms with van der Waals surface area (Å²) in [5.41, 5.74) is 9.26. The van der Waals surface area contributed by atoms with E-state index in [1.54, 1.807) is 29.2 Å². The first-order valence-corrected chi connectivity index (χ1v) is 8.53. The average Bonchev–Trinajstić information content (AvgIpc) is 3.05. The summed E-state index contributed by atoms with van der Waals surface area (Å²) in [5, 5.41) is 2.79. The van der Waals surface area contributed by atoms with Gasteiger partial charge < -0.3 is 16.0 Å². The van der Waals surface area contributed by atoms with Gasteiger partial charge in [-0.15, -0.1) is 0 Å². The number of benzene rings is 2. The van der Waals surface area contributed by atoms with Crippen LogP contribution in [0.25, 0.3) is 0 Å². The number of para-hydroxylation sites is 1. The molecule has 3 rings (SSSR count). The van der Waals surface area contributed by atoms with E-state index in [4.69, 9.17) is 5.73 Å². The fourth-order valence-electron chi connectivity index (χ4n) is 2.93. The topological polar surface area (TPSA) is 75.4 Å². The Hall–Kier alpha value is -2.66. The van der Waals surface area contributed by atoms with Crippen molar-refractivity contribution in [3.8, 4) is 0 Å². The van der Waals surface area contributed by atoms with Crippen molar-refractivity contribution in [1.82, 2.24) is 0 Å². The summed E-state index contributed by atoms with van der Waals surface area (Å²) in [7, 11) is 0. The molecule has 0 saturated carbocycles. The van der Waals surface area contributed by atoms with E-state index in [2.05, 4.69) is 11.4 Å². The Balaban J connectivity index is 1.71. The highest BCUT2D eigenvalue weighted by molar-refractivity contribution is 6.07. The zero-order valence-corrected chi connectivity index (χ0v) is 14.5. The van der Waals surface area contributed by atoms with E-state index in [0.29, 0.717) is 17.8 Å². The Morgan fingerprint density at radius 2 is 1.76 bits per heavy atom. The van der Waals surface area contributed by atoms with Crippen LogP contribution < -0.4 is 16.0 Å². The van der Waals surface area contributed by atoms with Crippen molar-refractivity contribution < 1.29 is 9.59 Å². The third-order valence-electron chi connectivity index (χ3n) is 4.55. The zero-order valence-electron chi connectivity index (χ0n) is 14.5. The Kier molecular flexibility index (Phi) is 4.86. The highest BCUT2D eigenvalue weighted by Crippen LogP contribution is 2.29. The van der Waals surface area contributed by atoms with Crippen molar-refractivity contribution in [1.29, 1.82) is 0 Å². The second-order valence-corrected chi connectivity index (χ2v) is 6.67. The molecule has 2 amide bonds. The number of anilines is 2. The SMILES string of the molecule is CC(C)[C@H](N)C(=O)Nc1ccc(C(=O)N2CCc3ccccc32)cc1. The lowest BCUT2D eigenvalue weighted by molar-refractivity contribution is -0.118. The maximum absolute atomic E-state index is 12.8. The molecule has 3 N–H and O–H groups in total. The van der Waals surface area contributed by atoms with Gasteiger partial charge in [-0.3, -0.25) is 9.59 Å². The number of rotatable bonds is 4. The Morgan fingerprint density at radius 3 is 2.44 bits per heavy atom. The summed E-state index contributed by atoms with van der Waals surface area (Å²) < 4.78 is 0. The maximum atomic E-state index is 12.8. The summed E-state index contributed by atoms with van der Waals surface area (Å²) in [5.74, 6) is -0.180. The van der Waals surface area contributed by atoms with Crippen LogP contribution in [0.2, 0.25) is 0 Å². The van der Waals surface area contributed by atoms with E-state index in [1.165, 1.54) is 5.56 Å². The number of carbonyl (C=O) groups excluding carboxylic acids is 2. The molecule has 130 valence electrons. The van der Waals surface area contributed by atoms with Crippen molar-refractivity contribution >= 4 is 23.2 Å². The van der Waals surface area contributed by atoms with Crippen LogP contribution in [0, 0.1) is 5.92 Å². The van der Waals surface area contributed by atoms with E-state index in [0.717, 1.165) is 12.1 Å². The van der Waals surface area contributed by atoms with Gasteiger partial charge >= 0.3 is 0 Å². The van der Waals surface area contributed by atoms with Gasteiger partial charge in [0.05, 0.1) is 6.04 Å². The molecule has 0 saturated heterocycles. The third kappa shape index (κ3) is 3.56. The minimum atomic E-state index is -0.553. The molecule has 5 heteroatoms. The monoisotopic (exact) mass is 337 g/mol. The molecular formula is C20H23N3O2. The van der Waals surface area contributed by atoms with E-state index < -0.39 is 6.04 Å². The minimum absolute atomic E-state index is 0.0262. The molecule has 0 spiro atoms. The first-order valence-electron chi connectivity index (χ1n) is 8.53. The van der Waals surface area contributed by atoms with Crippen LogP contribution in [0.4, 0.5) is 11.4 Å². The largest absolute Gasteiger partial charge is 0.325 e. The van der Waals surface area contributed by atoms with Gasteiger partial charge in [-0.1, -0.05) is 32.0 Å². The molecule has 1 atom stereocenters. The van der Waals surface area contributed by atoms with Crippen LogP contribution >= 0.6 is 0 Å². The van der Waals surface area contributed by atoms with Gasteiger partial charge in [0.25, 0.3) is 5.91 Å². The number of hydrogen-bond donors (Lipinski definition) is 2. The molecule has 0 bridgehead atoms. The molecule has 5 nitrogen and oxygen atoms in total. The third-order valence-corrected chi connectivity index (χ3v) is 4.55. The number of nitrogens with one attached hydrogen (secondary N) is 1. The number of nitrogens with two attached hydrogens (primary N) is 1. The lowest BCUT2D eigenvalue weighted by Gasteiger charge is -2.18. The Bertz CT molecular complexity index is 784. The predicted octanol–water partition coefficient (Wildman–Crippen LogP) is 2.81. The second kappa shape index (κ2) is 7.07. The standard InChI is InChI=1S/C20H23N3O2/c1-13(2)18(21)19(24)22-16-9-7-15(8-10-16)20(25)23-12-11-14-5-3-4-6-17(14)23/h3-10,13,18H,11-12,21H2,1-2H3,(H,22,24)/t18-/m0/s1. The minimum Gasteiger partial charge on any atom is -0.325 e. The molecule has 0 unspecified atom stereocenters. The summed E-state index contributed by atoms with van der Waals surface area (Å²) in [4.78, 5) is 26.6. The van der Waals surface area contributed by atoms with E-state index >= 15 is 0 Å². The molecular weight excluding hydrogens is 314 g/mol. The number of amides is 2. The quantitative estimate of drug-likeness (QED) is 0.901. The van der Waals surface area contributed by atoms with Crippen LogP contribution in [0.15, 0.2) is 48.5 Å². The molecule has 0 aromatic heterocycles. The summed E-state index contributed by atoms with van der Waals surface area (Å²) >= 11 is 0. The summed E-state index contributed by atoms with van der Waals surface area (Å²) in [6.07, 6.45) is 0.878. The fraction of sp³-hybridized carbons (Fsp3) is 0.300. The highest BCUT2D eigenvalue weighted by atomic mass is 16.2. The fourth-order valence-corrected chi connectivity index (χ4v) is 2.93. The molecule has 2 aromatic rings. The molecule has 1 aliphatic heterocycles. The molecule has 1 aliphatic rings. The number of carbonyl (C=O) groups is 2. The van der Waals surface area contributed by atoms with Crippen LogP contribution in [0.1, 0.15) is 29.8 Å². The van der Waals surface area contributed by atoms with Crippen molar-refractivity contribution in [3.63, 3.8) is 0 Å². The van der Waals surface area contributed by atoms with Crippen molar-refractivity contribution in [3.05, 3.63) is 59.7 Å². The molecule has 1 heterocycles. The van der Waals surface area contributed by atoms with E-state index in [1.807, 2.05) is 32.0 Å². The van der Waals surface area contributed by atoms with Crippen LogP contribution in [-0.2, 0) is 11.2 Å². The van der Waals surface area contributed by atoms with Gasteiger partial charge in [-0.05, 0) is 48.2 Å². The Morgan fingerprint density at radius 1 is 1.08 bits per heavy atom. The summed E-state index contributed by atoms with van der Waals surface area (Å²) in [6, 6.07) is 14.4. The molecule has 0 fully saturated rings. The van der Waals surface area contributed by atoms with Gasteiger partial charge in [0, 0.05) is 23.5 Å². The maximum Gasteiger partial charge on any atom is 0.258 e. The average molecular weight is 337 g/mol. The van der Waals surface area contributed by atoms with Gasteiger partial charge in [0.1, 0.15) is 0 Å². The van der Waals surface area contributed by atoms with Crippen molar-refractivity contribution in [2.24, 2.45) is 11.7 Å². The van der Waals surface area contributed by atoms with Gasteiger partial charge in [0.15, 0.2) is 0 Å². The zero-order chi connectivity index (χ0) is 18.0. The smallest absolute Gasteiger partial charge is 0.258 e. The van der Waals surface area contributed by atoms with Crippen molar-refractivity contribution in [2.45, 2.75) is 26.3 Å². The predicted molar refractivity (Wildman–Crippen MR) is 99.7 cm³/mol. The summed E-state index contributed by atoms with van der Waals surface area (Å²) in [6.45, 7) is 4.50. The van der Waals surface area contributed by atoms with Crippen LogP contribution in [0.5, 0.6) is 0 Å². The lowest BCUT2D eigenvalue weighted by atomic mass is 10.0. The second-order valence-electron chi connectivity index (χ2n) is 6.67. The highest BCUT2D eigenvalue weighted by Gasteiger charge is 2.25. The van der Waals surface area contributed by atoms with Gasteiger partial charge in [-0.2, -0.15) is 0 Å². The number of nitrogens with zero attached hydrogens (tertiary/aromatic N) is 1. The first-order chi connectivity index (χ1) is 12.0. The van der Waals surface area contributed by atoms with Crippen LogP contribution in [-0.4, -0.2) is 24.4 Å². The normalized spacial score (nSPS) is 14.3. The van der Waals surface area contributed by atoms with Crippen LogP contribution in [0.3, 0.4) is 0 Å². The van der Waals surface area contributed by atoms with Crippen molar-refractivity contribution in [2.75, 3.05) is 16.8 Å². The van der Waals surface area contributed by atoms with E-state index in [-0.39, 0.29) is 17.7 Å².